The van der Waals surface area contributed by atoms with Gasteiger partial charge >= 0.3 is 0 Å². The predicted molar refractivity (Wildman–Crippen MR) is 51.8 cm³/mol. The van der Waals surface area contributed by atoms with Crippen molar-refractivity contribution >= 4 is 11.6 Å². The second kappa shape index (κ2) is 5.25. The average Bonchev–Trinajstić information content (AvgIpc) is 2.21. The second-order valence-corrected chi connectivity index (χ2v) is 3.10. The molecule has 0 saturated heterocycles. The van der Waals surface area contributed by atoms with E-state index in [1.165, 1.54) is 14.2 Å². The van der Waals surface area contributed by atoms with Gasteiger partial charge in [-0.2, -0.15) is 5.48 Å². The van der Waals surface area contributed by atoms with Crippen LogP contribution in [0.1, 0.15) is 5.56 Å². The summed E-state index contributed by atoms with van der Waals surface area (Å²) in [6, 6.07) is 0.867. The molecule has 0 atom stereocenters. The standard InChI is InChI=1S/C9H10ClF2NO2/c1-14-9-5(4-13-15-2)8(12)7(11)3-6(9)10/h3,13H,4H2,1-2H3. The van der Waals surface area contributed by atoms with E-state index < -0.39 is 11.6 Å². The van der Waals surface area contributed by atoms with Crippen LogP contribution in [0.3, 0.4) is 0 Å². The zero-order chi connectivity index (χ0) is 11.4. The number of halogens is 3. The summed E-state index contributed by atoms with van der Waals surface area (Å²) in [5.74, 6) is -1.92. The molecule has 0 saturated carbocycles. The summed E-state index contributed by atoms with van der Waals surface area (Å²) >= 11 is 5.69. The van der Waals surface area contributed by atoms with E-state index in [-0.39, 0.29) is 22.9 Å². The third-order valence-corrected chi connectivity index (χ3v) is 2.10. The number of methoxy groups -OCH3 is 1. The molecule has 0 aliphatic carbocycles. The summed E-state index contributed by atoms with van der Waals surface area (Å²) < 4.78 is 31.2. The maximum Gasteiger partial charge on any atom is 0.167 e. The lowest BCUT2D eigenvalue weighted by Crippen LogP contribution is -2.14. The van der Waals surface area contributed by atoms with Crippen LogP contribution in [-0.2, 0) is 11.4 Å². The van der Waals surface area contributed by atoms with Crippen LogP contribution >= 0.6 is 11.6 Å². The molecule has 0 bridgehead atoms. The highest BCUT2D eigenvalue weighted by Gasteiger charge is 2.17. The molecule has 6 heteroatoms. The molecule has 1 aromatic rings. The van der Waals surface area contributed by atoms with Crippen molar-refractivity contribution in [3.05, 3.63) is 28.3 Å². The number of hydrogen-bond donors (Lipinski definition) is 1. The predicted octanol–water partition coefficient (Wildman–Crippen LogP) is 2.28. The highest BCUT2D eigenvalue weighted by molar-refractivity contribution is 6.32. The maximum absolute atomic E-state index is 13.3. The lowest BCUT2D eigenvalue weighted by Gasteiger charge is -2.11. The van der Waals surface area contributed by atoms with Crippen LogP contribution in [0.25, 0.3) is 0 Å². The smallest absolute Gasteiger partial charge is 0.167 e. The number of hydrogen-bond acceptors (Lipinski definition) is 3. The molecule has 0 aliphatic rings. The number of ether oxygens (including phenoxy) is 1. The molecule has 0 aromatic heterocycles. The molecule has 15 heavy (non-hydrogen) atoms. The van der Waals surface area contributed by atoms with Gasteiger partial charge in [-0.05, 0) is 6.07 Å². The molecule has 0 amide bonds. The summed E-state index contributed by atoms with van der Waals surface area (Å²) in [5, 5.41) is 0.0179. The van der Waals surface area contributed by atoms with Crippen LogP contribution in [0, 0.1) is 11.6 Å². The van der Waals surface area contributed by atoms with Crippen LogP contribution in [0.4, 0.5) is 8.78 Å². The number of nitrogens with one attached hydrogen (secondary N) is 1. The number of hydroxylamine groups is 1. The Bertz CT molecular complexity index is 360. The first-order valence-electron chi connectivity index (χ1n) is 4.08. The highest BCUT2D eigenvalue weighted by Crippen LogP contribution is 2.32. The fourth-order valence-corrected chi connectivity index (χ4v) is 1.44. The second-order valence-electron chi connectivity index (χ2n) is 2.69. The van der Waals surface area contributed by atoms with Crippen molar-refractivity contribution in [1.29, 1.82) is 0 Å². The van der Waals surface area contributed by atoms with Crippen molar-refractivity contribution in [1.82, 2.24) is 5.48 Å². The van der Waals surface area contributed by atoms with Crippen molar-refractivity contribution < 1.29 is 18.4 Å². The molecule has 1 N–H and O–H groups in total. The van der Waals surface area contributed by atoms with Gasteiger partial charge in [-0.15, -0.1) is 0 Å². The molecular weight excluding hydrogens is 228 g/mol. The van der Waals surface area contributed by atoms with Gasteiger partial charge in [-0.1, -0.05) is 11.6 Å². The average molecular weight is 238 g/mol. The van der Waals surface area contributed by atoms with E-state index in [0.717, 1.165) is 6.07 Å². The van der Waals surface area contributed by atoms with E-state index >= 15 is 0 Å². The van der Waals surface area contributed by atoms with Gasteiger partial charge in [0.1, 0.15) is 5.75 Å². The van der Waals surface area contributed by atoms with Gasteiger partial charge in [-0.3, -0.25) is 0 Å². The monoisotopic (exact) mass is 237 g/mol. The van der Waals surface area contributed by atoms with Crippen molar-refractivity contribution in [2.45, 2.75) is 6.54 Å². The molecule has 3 nitrogen and oxygen atoms in total. The normalized spacial score (nSPS) is 10.5. The van der Waals surface area contributed by atoms with E-state index in [1.807, 2.05) is 0 Å². The zero-order valence-electron chi connectivity index (χ0n) is 8.23. The lowest BCUT2D eigenvalue weighted by molar-refractivity contribution is 0.0851. The Hall–Kier alpha value is -0.910. The quantitative estimate of drug-likeness (QED) is 0.644. The molecule has 0 spiro atoms. The molecule has 0 heterocycles. The Balaban J connectivity index is 3.18. The minimum absolute atomic E-state index is 0.00986. The lowest BCUT2D eigenvalue weighted by atomic mass is 10.2. The SMILES string of the molecule is CONCc1c(F)c(F)cc(Cl)c1OC. The molecule has 1 rings (SSSR count). The minimum Gasteiger partial charge on any atom is -0.495 e. The summed E-state index contributed by atoms with van der Waals surface area (Å²) in [6.07, 6.45) is 0. The fraction of sp³-hybridized carbons (Fsp3) is 0.333. The van der Waals surface area contributed by atoms with Crippen LogP contribution in [0.5, 0.6) is 5.75 Å². The minimum atomic E-state index is -1.02. The van der Waals surface area contributed by atoms with Crippen LogP contribution < -0.4 is 10.2 Å². The Morgan fingerprint density at radius 1 is 1.40 bits per heavy atom. The van der Waals surface area contributed by atoms with Crippen LogP contribution in [-0.4, -0.2) is 14.2 Å². The van der Waals surface area contributed by atoms with Gasteiger partial charge in [0.25, 0.3) is 0 Å². The molecule has 0 unspecified atom stereocenters. The van der Waals surface area contributed by atoms with Gasteiger partial charge in [-0.25, -0.2) is 8.78 Å². The van der Waals surface area contributed by atoms with Gasteiger partial charge in [0, 0.05) is 0 Å². The van der Waals surface area contributed by atoms with Gasteiger partial charge in [0.15, 0.2) is 11.6 Å². The van der Waals surface area contributed by atoms with Gasteiger partial charge in [0.05, 0.1) is 31.4 Å². The first-order chi connectivity index (χ1) is 7.11. The van der Waals surface area contributed by atoms with E-state index in [2.05, 4.69) is 10.3 Å². The Kier molecular flexibility index (Phi) is 4.26. The Morgan fingerprint density at radius 3 is 2.60 bits per heavy atom. The topological polar surface area (TPSA) is 30.5 Å². The third-order valence-electron chi connectivity index (χ3n) is 1.82. The number of rotatable bonds is 4. The van der Waals surface area contributed by atoms with E-state index in [9.17, 15) is 8.78 Å². The fourth-order valence-electron chi connectivity index (χ4n) is 1.15. The van der Waals surface area contributed by atoms with Gasteiger partial charge in [0.2, 0.25) is 0 Å². The molecule has 84 valence electrons. The third kappa shape index (κ3) is 2.56. The Morgan fingerprint density at radius 2 is 2.07 bits per heavy atom. The van der Waals surface area contributed by atoms with E-state index in [1.54, 1.807) is 0 Å². The largest absolute Gasteiger partial charge is 0.495 e. The van der Waals surface area contributed by atoms with Crippen molar-refractivity contribution in [2.75, 3.05) is 14.2 Å². The molecule has 0 aliphatic heterocycles. The van der Waals surface area contributed by atoms with Crippen LogP contribution in [0.15, 0.2) is 6.07 Å². The van der Waals surface area contributed by atoms with Crippen molar-refractivity contribution in [3.63, 3.8) is 0 Å². The summed E-state index contributed by atoms with van der Waals surface area (Å²) in [7, 11) is 2.69. The summed E-state index contributed by atoms with van der Waals surface area (Å²) in [5.41, 5.74) is 2.38. The van der Waals surface area contributed by atoms with Gasteiger partial charge < -0.3 is 9.57 Å². The zero-order valence-corrected chi connectivity index (χ0v) is 8.99. The summed E-state index contributed by atoms with van der Waals surface area (Å²) in [4.78, 5) is 4.54. The first-order valence-corrected chi connectivity index (χ1v) is 4.45. The van der Waals surface area contributed by atoms with Crippen molar-refractivity contribution in [2.24, 2.45) is 0 Å². The first kappa shape index (κ1) is 12.2. The maximum atomic E-state index is 13.3. The van der Waals surface area contributed by atoms with Crippen LogP contribution in [0.2, 0.25) is 5.02 Å². The van der Waals surface area contributed by atoms with Crippen molar-refractivity contribution in [3.8, 4) is 5.75 Å². The summed E-state index contributed by atoms with van der Waals surface area (Å²) in [6.45, 7) is -0.0387. The Labute approximate surface area is 90.9 Å². The number of benzene rings is 1. The highest BCUT2D eigenvalue weighted by atomic mass is 35.5. The molecular formula is C9H10ClF2NO2. The molecule has 1 aromatic carbocycles. The molecule has 0 fully saturated rings. The van der Waals surface area contributed by atoms with E-state index in [4.69, 9.17) is 16.3 Å². The van der Waals surface area contributed by atoms with E-state index in [0.29, 0.717) is 0 Å². The molecule has 0 radical (unpaired) electrons.